The second kappa shape index (κ2) is 5.77. The molecular weight excluding hydrogens is 300 g/mol. The average molecular weight is 316 g/mol. The number of aromatic nitrogens is 4. The Morgan fingerprint density at radius 3 is 2.58 bits per heavy atom. The third kappa shape index (κ3) is 2.60. The van der Waals surface area contributed by atoms with Gasteiger partial charge in [0.1, 0.15) is 5.75 Å². The molecule has 0 saturated heterocycles. The van der Waals surface area contributed by atoms with Gasteiger partial charge >= 0.3 is 0 Å². The molecule has 4 aromatic rings. The summed E-state index contributed by atoms with van der Waals surface area (Å²) in [7, 11) is 0. The molecule has 2 heterocycles. The lowest BCUT2D eigenvalue weighted by molar-refractivity contribution is 0.471. The van der Waals surface area contributed by atoms with Crippen molar-refractivity contribution in [2.24, 2.45) is 0 Å². The van der Waals surface area contributed by atoms with Gasteiger partial charge in [0.25, 0.3) is 0 Å². The highest BCUT2D eigenvalue weighted by Gasteiger charge is 2.10. The number of rotatable bonds is 3. The van der Waals surface area contributed by atoms with Crippen LogP contribution in [0.5, 0.6) is 5.75 Å². The lowest BCUT2D eigenvalue weighted by Gasteiger charge is -2.05. The van der Waals surface area contributed by atoms with Gasteiger partial charge in [-0.1, -0.05) is 42.5 Å². The zero-order valence-electron chi connectivity index (χ0n) is 13.2. The van der Waals surface area contributed by atoms with Crippen LogP contribution in [0.1, 0.15) is 17.0 Å². The fourth-order valence-electron chi connectivity index (χ4n) is 2.72. The van der Waals surface area contributed by atoms with E-state index < -0.39 is 0 Å². The van der Waals surface area contributed by atoms with Crippen molar-refractivity contribution < 1.29 is 5.11 Å². The SMILES string of the molecule is Cc1cc(Cc2nnc3ccc(-c4ccccc4)nn23)ccc1O. The van der Waals surface area contributed by atoms with E-state index in [1.54, 1.807) is 10.6 Å². The van der Waals surface area contributed by atoms with Gasteiger partial charge in [0, 0.05) is 12.0 Å². The summed E-state index contributed by atoms with van der Waals surface area (Å²) in [5, 5.41) is 22.8. The van der Waals surface area contributed by atoms with E-state index in [9.17, 15) is 5.11 Å². The topological polar surface area (TPSA) is 63.3 Å². The summed E-state index contributed by atoms with van der Waals surface area (Å²) in [6, 6.07) is 19.5. The highest BCUT2D eigenvalue weighted by molar-refractivity contribution is 5.60. The van der Waals surface area contributed by atoms with Crippen LogP contribution >= 0.6 is 0 Å². The van der Waals surface area contributed by atoms with Crippen LogP contribution < -0.4 is 0 Å². The van der Waals surface area contributed by atoms with Crippen molar-refractivity contribution in [3.63, 3.8) is 0 Å². The van der Waals surface area contributed by atoms with Crippen LogP contribution in [-0.2, 0) is 6.42 Å². The fourth-order valence-corrected chi connectivity index (χ4v) is 2.72. The molecule has 2 aromatic carbocycles. The maximum Gasteiger partial charge on any atom is 0.177 e. The molecule has 4 rings (SSSR count). The van der Waals surface area contributed by atoms with Crippen molar-refractivity contribution in [1.82, 2.24) is 19.8 Å². The maximum atomic E-state index is 9.66. The van der Waals surface area contributed by atoms with Gasteiger partial charge in [-0.2, -0.15) is 9.61 Å². The molecule has 0 amide bonds. The van der Waals surface area contributed by atoms with Gasteiger partial charge in [-0.15, -0.1) is 10.2 Å². The summed E-state index contributed by atoms with van der Waals surface area (Å²) >= 11 is 0. The van der Waals surface area contributed by atoms with Crippen molar-refractivity contribution in [3.05, 3.63) is 77.6 Å². The minimum absolute atomic E-state index is 0.300. The molecule has 5 nitrogen and oxygen atoms in total. The minimum Gasteiger partial charge on any atom is -0.508 e. The standard InChI is InChI=1S/C19H16N4O/c1-13-11-14(7-9-17(13)24)12-19-21-20-18-10-8-16(22-23(18)19)15-5-3-2-4-6-15/h2-11,24H,12H2,1H3. The van der Waals surface area contributed by atoms with Crippen LogP contribution in [0, 0.1) is 6.92 Å². The number of fused-ring (bicyclic) bond motifs is 1. The van der Waals surface area contributed by atoms with Gasteiger partial charge in [0.05, 0.1) is 5.69 Å². The Morgan fingerprint density at radius 2 is 1.79 bits per heavy atom. The lowest BCUT2D eigenvalue weighted by Crippen LogP contribution is -2.01. The number of hydrogen-bond donors (Lipinski definition) is 1. The lowest BCUT2D eigenvalue weighted by atomic mass is 10.1. The van der Waals surface area contributed by atoms with Crippen LogP contribution in [0.25, 0.3) is 16.9 Å². The number of benzene rings is 2. The molecule has 0 aliphatic carbocycles. The van der Waals surface area contributed by atoms with Gasteiger partial charge in [-0.05, 0) is 36.2 Å². The fraction of sp³-hybridized carbons (Fsp3) is 0.105. The van der Waals surface area contributed by atoms with Gasteiger partial charge < -0.3 is 5.11 Å². The number of nitrogens with zero attached hydrogens (tertiary/aromatic N) is 4. The molecule has 0 bridgehead atoms. The van der Waals surface area contributed by atoms with Crippen molar-refractivity contribution in [3.8, 4) is 17.0 Å². The van der Waals surface area contributed by atoms with E-state index >= 15 is 0 Å². The molecule has 5 heteroatoms. The first-order valence-corrected chi connectivity index (χ1v) is 7.76. The van der Waals surface area contributed by atoms with Crippen LogP contribution in [0.4, 0.5) is 0 Å². The Balaban J connectivity index is 1.74. The second-order valence-electron chi connectivity index (χ2n) is 5.77. The monoisotopic (exact) mass is 316 g/mol. The molecule has 0 saturated carbocycles. The van der Waals surface area contributed by atoms with Gasteiger partial charge in [0.2, 0.25) is 0 Å². The first-order valence-electron chi connectivity index (χ1n) is 7.76. The van der Waals surface area contributed by atoms with Crippen LogP contribution in [0.3, 0.4) is 0 Å². The Morgan fingerprint density at radius 1 is 0.958 bits per heavy atom. The van der Waals surface area contributed by atoms with Crippen LogP contribution in [0.2, 0.25) is 0 Å². The Labute approximate surface area is 139 Å². The molecule has 1 N–H and O–H groups in total. The molecular formula is C19H16N4O. The highest BCUT2D eigenvalue weighted by atomic mass is 16.3. The summed E-state index contributed by atoms with van der Waals surface area (Å²) in [5.74, 6) is 1.07. The first kappa shape index (κ1) is 14.4. The molecule has 24 heavy (non-hydrogen) atoms. The molecule has 118 valence electrons. The Bertz CT molecular complexity index is 1010. The van der Waals surface area contributed by atoms with Crippen molar-refractivity contribution in [2.45, 2.75) is 13.3 Å². The normalized spacial score (nSPS) is 11.0. The third-order valence-electron chi connectivity index (χ3n) is 4.02. The zero-order chi connectivity index (χ0) is 16.5. The Kier molecular flexibility index (Phi) is 3.46. The zero-order valence-corrected chi connectivity index (χ0v) is 13.2. The van der Waals surface area contributed by atoms with Crippen molar-refractivity contribution in [1.29, 1.82) is 0 Å². The maximum absolute atomic E-state index is 9.66. The molecule has 0 unspecified atom stereocenters. The number of aromatic hydroxyl groups is 1. The second-order valence-corrected chi connectivity index (χ2v) is 5.77. The number of hydrogen-bond acceptors (Lipinski definition) is 4. The van der Waals surface area contributed by atoms with E-state index in [0.717, 1.165) is 33.9 Å². The van der Waals surface area contributed by atoms with E-state index in [1.807, 2.05) is 61.5 Å². The van der Waals surface area contributed by atoms with E-state index in [2.05, 4.69) is 15.3 Å². The molecule has 0 atom stereocenters. The van der Waals surface area contributed by atoms with Crippen LogP contribution in [0.15, 0.2) is 60.7 Å². The van der Waals surface area contributed by atoms with E-state index in [0.29, 0.717) is 12.2 Å². The molecule has 0 radical (unpaired) electrons. The molecule has 0 spiro atoms. The summed E-state index contributed by atoms with van der Waals surface area (Å²) in [5.41, 5.74) is 4.57. The average Bonchev–Trinajstić information content (AvgIpc) is 3.01. The van der Waals surface area contributed by atoms with Crippen molar-refractivity contribution >= 4 is 5.65 Å². The number of phenolic OH excluding ortho intramolecular Hbond substituents is 1. The Hall–Kier alpha value is -3.21. The molecule has 0 aliphatic rings. The van der Waals surface area contributed by atoms with E-state index in [4.69, 9.17) is 0 Å². The van der Waals surface area contributed by atoms with Gasteiger partial charge in [-0.25, -0.2) is 0 Å². The molecule has 0 aliphatic heterocycles. The smallest absolute Gasteiger partial charge is 0.177 e. The molecule has 0 fully saturated rings. The summed E-state index contributed by atoms with van der Waals surface area (Å²) in [4.78, 5) is 0. The third-order valence-corrected chi connectivity index (χ3v) is 4.02. The largest absolute Gasteiger partial charge is 0.508 e. The summed E-state index contributed by atoms with van der Waals surface area (Å²) in [6.07, 6.45) is 0.605. The van der Waals surface area contributed by atoms with E-state index in [-0.39, 0.29) is 0 Å². The summed E-state index contributed by atoms with van der Waals surface area (Å²) < 4.78 is 1.78. The van der Waals surface area contributed by atoms with Gasteiger partial charge in [-0.3, -0.25) is 0 Å². The van der Waals surface area contributed by atoms with E-state index in [1.165, 1.54) is 0 Å². The number of phenols is 1. The van der Waals surface area contributed by atoms with Crippen LogP contribution in [-0.4, -0.2) is 24.9 Å². The number of aryl methyl sites for hydroxylation is 1. The predicted octanol–water partition coefficient (Wildman–Crippen LogP) is 3.40. The van der Waals surface area contributed by atoms with Gasteiger partial charge in [0.15, 0.2) is 11.5 Å². The van der Waals surface area contributed by atoms with Crippen molar-refractivity contribution in [2.75, 3.05) is 0 Å². The highest BCUT2D eigenvalue weighted by Crippen LogP contribution is 2.20. The molecule has 2 aromatic heterocycles. The predicted molar refractivity (Wildman–Crippen MR) is 91.9 cm³/mol. The summed E-state index contributed by atoms with van der Waals surface area (Å²) in [6.45, 7) is 1.88. The minimum atomic E-state index is 0.300. The first-order chi connectivity index (χ1) is 11.7. The quantitative estimate of drug-likeness (QED) is 0.629.